The Balaban J connectivity index is 1.12. The van der Waals surface area contributed by atoms with Crippen LogP contribution in [0.1, 0.15) is 34.2 Å². The first kappa shape index (κ1) is 30.5. The molecule has 0 saturated heterocycles. The fourth-order valence-electron chi connectivity index (χ4n) is 10.0. The van der Waals surface area contributed by atoms with Crippen LogP contribution >= 0.6 is 0 Å². The van der Waals surface area contributed by atoms with E-state index in [4.69, 9.17) is 9.40 Å². The maximum absolute atomic E-state index is 6.46. The minimum Gasteiger partial charge on any atom is -0.454 e. The van der Waals surface area contributed by atoms with Crippen molar-refractivity contribution in [3.8, 4) is 22.3 Å². The van der Waals surface area contributed by atoms with Gasteiger partial charge in [0.05, 0.1) is 23.3 Å². The van der Waals surface area contributed by atoms with Gasteiger partial charge in [0, 0.05) is 16.3 Å². The Kier molecular flexibility index (Phi) is 6.38. The molecular formula is C52H34N2O. The lowest BCUT2D eigenvalue weighted by molar-refractivity contribution is 0.666. The zero-order valence-electron chi connectivity index (χ0n) is 30.0. The van der Waals surface area contributed by atoms with Crippen LogP contribution in [0.2, 0.25) is 0 Å². The molecule has 9 aromatic rings. The second-order valence-electron chi connectivity index (χ2n) is 14.9. The molecule has 0 saturated carbocycles. The quantitative estimate of drug-likeness (QED) is 0.183. The lowest BCUT2D eigenvalue weighted by atomic mass is 9.70. The van der Waals surface area contributed by atoms with Crippen LogP contribution in [0.3, 0.4) is 0 Å². The molecule has 3 aliphatic rings. The molecule has 2 aromatic heterocycles. The summed E-state index contributed by atoms with van der Waals surface area (Å²) in [5, 5.41) is 4.58. The normalized spacial score (nSPS) is 15.9. The number of allylic oxidation sites excluding steroid dienone is 2. The molecule has 2 heterocycles. The topological polar surface area (TPSA) is 29.3 Å². The molecule has 12 rings (SSSR count). The van der Waals surface area contributed by atoms with E-state index in [1.165, 1.54) is 66.4 Å². The Bertz CT molecular complexity index is 3050. The Labute approximate surface area is 319 Å². The monoisotopic (exact) mass is 702 g/mol. The van der Waals surface area contributed by atoms with Crippen molar-refractivity contribution in [1.82, 2.24) is 4.98 Å². The first-order valence-corrected chi connectivity index (χ1v) is 19.1. The van der Waals surface area contributed by atoms with Crippen molar-refractivity contribution in [2.24, 2.45) is 0 Å². The molecular weight excluding hydrogens is 669 g/mol. The third kappa shape index (κ3) is 4.18. The van der Waals surface area contributed by atoms with Crippen LogP contribution < -0.4 is 4.90 Å². The summed E-state index contributed by atoms with van der Waals surface area (Å²) in [5.74, 6) is 0.897. The number of fused-ring (bicyclic) bond motifs is 15. The van der Waals surface area contributed by atoms with Gasteiger partial charge in [-0.25, -0.2) is 4.98 Å². The molecule has 1 unspecified atom stereocenters. The van der Waals surface area contributed by atoms with Gasteiger partial charge in [0.15, 0.2) is 5.58 Å². The van der Waals surface area contributed by atoms with Crippen molar-refractivity contribution >= 4 is 49.8 Å². The van der Waals surface area contributed by atoms with E-state index in [0.717, 1.165) is 39.9 Å². The zero-order valence-corrected chi connectivity index (χ0v) is 30.0. The van der Waals surface area contributed by atoms with Crippen LogP contribution in [0, 0.1) is 0 Å². The second kappa shape index (κ2) is 11.5. The van der Waals surface area contributed by atoms with E-state index in [2.05, 4.69) is 187 Å². The van der Waals surface area contributed by atoms with Gasteiger partial charge in [-0.05, 0) is 85.5 Å². The van der Waals surface area contributed by atoms with Crippen molar-refractivity contribution < 1.29 is 4.42 Å². The lowest BCUT2D eigenvalue weighted by Crippen LogP contribution is -2.31. The molecule has 0 N–H and O–H groups in total. The number of benzene rings is 7. The van der Waals surface area contributed by atoms with Gasteiger partial charge in [-0.3, -0.25) is 0 Å². The molecule has 1 atom stereocenters. The number of hydrogen-bond donors (Lipinski definition) is 0. The van der Waals surface area contributed by atoms with Gasteiger partial charge < -0.3 is 9.32 Å². The highest BCUT2D eigenvalue weighted by molar-refractivity contribution is 6.19. The molecule has 0 amide bonds. The van der Waals surface area contributed by atoms with E-state index >= 15 is 0 Å². The van der Waals surface area contributed by atoms with E-state index < -0.39 is 5.41 Å². The molecule has 55 heavy (non-hydrogen) atoms. The summed E-state index contributed by atoms with van der Waals surface area (Å²) >= 11 is 0. The smallest absolute Gasteiger partial charge is 0.153 e. The van der Waals surface area contributed by atoms with E-state index in [-0.39, 0.29) is 6.04 Å². The average molecular weight is 703 g/mol. The van der Waals surface area contributed by atoms with Crippen LogP contribution in [-0.4, -0.2) is 11.0 Å². The minimum atomic E-state index is -0.430. The van der Waals surface area contributed by atoms with Gasteiger partial charge in [0.1, 0.15) is 11.4 Å². The van der Waals surface area contributed by atoms with Crippen molar-refractivity contribution in [3.63, 3.8) is 0 Å². The Hall–Kier alpha value is -6.97. The average Bonchev–Trinajstić information content (AvgIpc) is 3.89. The lowest BCUT2D eigenvalue weighted by Gasteiger charge is -2.35. The third-order valence-corrected chi connectivity index (χ3v) is 12.3. The van der Waals surface area contributed by atoms with Crippen LogP contribution in [0.4, 0.5) is 11.5 Å². The molecule has 7 aromatic carbocycles. The van der Waals surface area contributed by atoms with Gasteiger partial charge >= 0.3 is 0 Å². The van der Waals surface area contributed by atoms with Gasteiger partial charge in [-0.15, -0.1) is 0 Å². The van der Waals surface area contributed by atoms with Crippen molar-refractivity contribution in [2.75, 3.05) is 4.90 Å². The van der Waals surface area contributed by atoms with Crippen LogP contribution in [0.15, 0.2) is 193 Å². The molecule has 258 valence electrons. The predicted octanol–water partition coefficient (Wildman–Crippen LogP) is 13.0. The number of anilines is 2. The molecule has 0 fully saturated rings. The first-order valence-electron chi connectivity index (χ1n) is 19.1. The predicted molar refractivity (Wildman–Crippen MR) is 226 cm³/mol. The number of rotatable bonds is 4. The van der Waals surface area contributed by atoms with Gasteiger partial charge in [0.2, 0.25) is 0 Å². The molecule has 1 spiro atoms. The number of aromatic nitrogens is 1. The first-order chi connectivity index (χ1) is 27.3. The maximum Gasteiger partial charge on any atom is 0.153 e. The fourth-order valence-corrected chi connectivity index (χ4v) is 10.0. The van der Waals surface area contributed by atoms with Crippen LogP contribution in [-0.2, 0) is 5.41 Å². The SMILES string of the molecule is C1=CC(N(c2cc3c(cn2)oc2ccc4ccccc4c23)c2cccc3c2-c2ccccc2C32c3ccccc3-c3ccccc32)CC=C1c1ccccc1. The highest BCUT2D eigenvalue weighted by Crippen LogP contribution is 2.64. The summed E-state index contributed by atoms with van der Waals surface area (Å²) in [4.78, 5) is 7.72. The van der Waals surface area contributed by atoms with Gasteiger partial charge in [0.25, 0.3) is 0 Å². The third-order valence-electron chi connectivity index (χ3n) is 12.3. The molecule has 3 heteroatoms. The maximum atomic E-state index is 6.46. The summed E-state index contributed by atoms with van der Waals surface area (Å²) in [7, 11) is 0. The summed E-state index contributed by atoms with van der Waals surface area (Å²) in [5.41, 5.74) is 15.3. The van der Waals surface area contributed by atoms with Crippen LogP contribution in [0.5, 0.6) is 0 Å². The van der Waals surface area contributed by atoms with Crippen molar-refractivity contribution in [2.45, 2.75) is 17.9 Å². The van der Waals surface area contributed by atoms with Gasteiger partial charge in [-0.1, -0.05) is 164 Å². The Morgan fingerprint density at radius 2 is 1.25 bits per heavy atom. The van der Waals surface area contributed by atoms with E-state index in [1.54, 1.807) is 0 Å². The van der Waals surface area contributed by atoms with E-state index in [9.17, 15) is 0 Å². The number of hydrogen-bond acceptors (Lipinski definition) is 3. The molecule has 3 nitrogen and oxygen atoms in total. The van der Waals surface area contributed by atoms with Crippen LogP contribution in [0.25, 0.3) is 60.5 Å². The fraction of sp³-hybridized carbons (Fsp3) is 0.0577. The number of pyridine rings is 1. The molecule has 0 aliphatic heterocycles. The summed E-state index contributed by atoms with van der Waals surface area (Å²) in [6, 6.07) is 59.8. The summed E-state index contributed by atoms with van der Waals surface area (Å²) in [6.07, 6.45) is 9.80. The van der Waals surface area contributed by atoms with E-state index in [1.807, 2.05) is 6.20 Å². The molecule has 0 radical (unpaired) electrons. The van der Waals surface area contributed by atoms with Crippen molar-refractivity contribution in [3.05, 3.63) is 216 Å². The highest BCUT2D eigenvalue weighted by Gasteiger charge is 2.52. The minimum absolute atomic E-state index is 0.0192. The van der Waals surface area contributed by atoms with E-state index in [0.29, 0.717) is 0 Å². The number of nitrogens with zero attached hydrogens (tertiary/aromatic N) is 2. The second-order valence-corrected chi connectivity index (χ2v) is 14.9. The molecule has 3 aliphatic carbocycles. The standard InChI is InChI=1S/C52H34N2O/c1-2-13-33(14-3-1)34-25-28-36(29-26-34)54(49-31-41-48(32-53-49)55-47-30-27-35-15-4-5-16-37(35)50(41)47)46-24-12-23-45-51(46)40-19-8-11-22-44(40)52(45)42-20-9-6-17-38(42)39-18-7-10-21-43(39)52/h1-28,30-32,36H,29H2. The number of furan rings is 1. The molecule has 0 bridgehead atoms. The highest BCUT2D eigenvalue weighted by atomic mass is 16.3. The van der Waals surface area contributed by atoms with Gasteiger partial charge in [-0.2, -0.15) is 0 Å². The summed E-state index contributed by atoms with van der Waals surface area (Å²) < 4.78 is 6.46. The van der Waals surface area contributed by atoms with Crippen molar-refractivity contribution in [1.29, 1.82) is 0 Å². The Morgan fingerprint density at radius 3 is 2.02 bits per heavy atom. The largest absolute Gasteiger partial charge is 0.454 e. The zero-order chi connectivity index (χ0) is 36.1. The summed E-state index contributed by atoms with van der Waals surface area (Å²) in [6.45, 7) is 0. The Morgan fingerprint density at radius 1 is 0.582 bits per heavy atom.